The molecular formula is C55H92O5. The highest BCUT2D eigenvalue weighted by atomic mass is 16.6. The van der Waals surface area contributed by atoms with Gasteiger partial charge in [0.1, 0.15) is 6.61 Å². The van der Waals surface area contributed by atoms with Crippen LogP contribution in [0.2, 0.25) is 0 Å². The molecule has 0 N–H and O–H groups in total. The van der Waals surface area contributed by atoms with Crippen LogP contribution in [-0.2, 0) is 23.8 Å². The van der Waals surface area contributed by atoms with Crippen molar-refractivity contribution in [2.24, 2.45) is 0 Å². The average molecular weight is 833 g/mol. The van der Waals surface area contributed by atoms with Gasteiger partial charge in [-0.25, -0.2) is 0 Å². The SMILES string of the molecule is CC/C=C\C/C=C\C/C=C\C/C=C\C/C=C\CCCCCCOCC(COC(=O)CCCCCCC/C=C\C/C=C\CCC)OC(=O)CCCCCCC/C=C\CCCC. The molecule has 5 nitrogen and oxygen atoms in total. The second-order valence-corrected chi connectivity index (χ2v) is 16.0. The Morgan fingerprint density at radius 3 is 1.28 bits per heavy atom. The summed E-state index contributed by atoms with van der Waals surface area (Å²) in [4.78, 5) is 25.3. The Bertz CT molecular complexity index is 1170. The van der Waals surface area contributed by atoms with Crippen LogP contribution in [-0.4, -0.2) is 37.9 Å². The van der Waals surface area contributed by atoms with Crippen molar-refractivity contribution < 1.29 is 23.8 Å². The Kier molecular flexibility index (Phi) is 47.5. The number of allylic oxidation sites excluding steroid dienone is 16. The summed E-state index contributed by atoms with van der Waals surface area (Å²) in [5, 5.41) is 0. The number of unbranched alkanes of at least 4 members (excludes halogenated alkanes) is 17. The summed E-state index contributed by atoms with van der Waals surface area (Å²) < 4.78 is 17.3. The maximum atomic E-state index is 12.7. The zero-order chi connectivity index (χ0) is 43.5. The van der Waals surface area contributed by atoms with Gasteiger partial charge in [-0.2, -0.15) is 0 Å². The van der Waals surface area contributed by atoms with Gasteiger partial charge in [0.25, 0.3) is 0 Å². The van der Waals surface area contributed by atoms with Gasteiger partial charge < -0.3 is 14.2 Å². The lowest BCUT2D eigenvalue weighted by molar-refractivity contribution is -0.163. The largest absolute Gasteiger partial charge is 0.462 e. The van der Waals surface area contributed by atoms with E-state index in [9.17, 15) is 9.59 Å². The molecule has 0 aromatic carbocycles. The molecule has 0 spiro atoms. The summed E-state index contributed by atoms with van der Waals surface area (Å²) >= 11 is 0. The van der Waals surface area contributed by atoms with Gasteiger partial charge in [0, 0.05) is 19.4 Å². The zero-order valence-electron chi connectivity index (χ0n) is 39.2. The van der Waals surface area contributed by atoms with Gasteiger partial charge in [0.2, 0.25) is 0 Å². The average Bonchev–Trinajstić information content (AvgIpc) is 3.25. The third-order valence-electron chi connectivity index (χ3n) is 10.1. The van der Waals surface area contributed by atoms with Crippen molar-refractivity contribution >= 4 is 11.9 Å². The van der Waals surface area contributed by atoms with E-state index in [-0.39, 0.29) is 25.2 Å². The number of ether oxygens (including phenoxy) is 3. The fourth-order valence-corrected chi connectivity index (χ4v) is 6.38. The number of carbonyl (C=O) groups is 2. The minimum atomic E-state index is -0.563. The monoisotopic (exact) mass is 833 g/mol. The van der Waals surface area contributed by atoms with E-state index in [1.165, 1.54) is 57.8 Å². The highest BCUT2D eigenvalue weighted by Crippen LogP contribution is 2.12. The van der Waals surface area contributed by atoms with Crippen molar-refractivity contribution in [2.75, 3.05) is 19.8 Å². The smallest absolute Gasteiger partial charge is 0.306 e. The molecule has 0 bridgehead atoms. The molecule has 0 saturated heterocycles. The first kappa shape index (κ1) is 56.8. The Morgan fingerprint density at radius 2 is 0.783 bits per heavy atom. The molecule has 0 aromatic rings. The van der Waals surface area contributed by atoms with Crippen molar-refractivity contribution in [1.29, 1.82) is 0 Å². The first-order valence-electron chi connectivity index (χ1n) is 24.8. The summed E-state index contributed by atoms with van der Waals surface area (Å²) in [6.07, 6.45) is 67.0. The third kappa shape index (κ3) is 47.5. The van der Waals surface area contributed by atoms with Crippen molar-refractivity contribution in [2.45, 2.75) is 219 Å². The van der Waals surface area contributed by atoms with E-state index >= 15 is 0 Å². The van der Waals surface area contributed by atoms with Crippen LogP contribution >= 0.6 is 0 Å². The van der Waals surface area contributed by atoms with Gasteiger partial charge in [-0.3, -0.25) is 9.59 Å². The van der Waals surface area contributed by atoms with Gasteiger partial charge in [-0.15, -0.1) is 0 Å². The summed E-state index contributed by atoms with van der Waals surface area (Å²) in [5.74, 6) is -0.445. The molecule has 5 heteroatoms. The molecule has 1 unspecified atom stereocenters. The lowest BCUT2D eigenvalue weighted by Gasteiger charge is -2.18. The quantitative estimate of drug-likeness (QED) is 0.0348. The van der Waals surface area contributed by atoms with Gasteiger partial charge in [0.05, 0.1) is 6.61 Å². The van der Waals surface area contributed by atoms with E-state index < -0.39 is 6.10 Å². The van der Waals surface area contributed by atoms with Crippen LogP contribution in [0.25, 0.3) is 0 Å². The molecule has 342 valence electrons. The Labute approximate surface area is 371 Å². The molecule has 0 aliphatic rings. The normalized spacial score (nSPS) is 13.1. The summed E-state index contributed by atoms with van der Waals surface area (Å²) in [5.41, 5.74) is 0. The molecule has 0 aliphatic carbocycles. The molecule has 0 aliphatic heterocycles. The summed E-state index contributed by atoms with van der Waals surface area (Å²) in [6, 6.07) is 0. The fraction of sp³-hybridized carbons (Fsp3) is 0.673. The molecule has 0 saturated carbocycles. The first-order chi connectivity index (χ1) is 29.6. The predicted octanol–water partition coefficient (Wildman–Crippen LogP) is 16.7. The molecule has 0 radical (unpaired) electrons. The Morgan fingerprint density at radius 1 is 0.383 bits per heavy atom. The van der Waals surface area contributed by atoms with Crippen LogP contribution in [0.5, 0.6) is 0 Å². The lowest BCUT2D eigenvalue weighted by atomic mass is 10.1. The Balaban J connectivity index is 4.33. The van der Waals surface area contributed by atoms with Gasteiger partial charge in [-0.1, -0.05) is 189 Å². The standard InChI is InChI=1S/C55H92O5/c1-4-7-10-13-16-19-22-24-25-26-27-28-29-30-32-35-38-41-44-47-50-58-51-53(60-55(57)49-46-43-40-37-33-21-18-15-12-9-6-3)52-59-54(56)48-45-42-39-36-34-31-23-20-17-14-11-8-5-2/h7,10-11,14-16,18-20,23-25,27-28,30,32,53H,4-6,8-9,12-13,17,21-22,26,29,31,33-52H2,1-3H3/b10-7-,14-11-,18-15-,19-16-,23-20-,25-24-,28-27-,32-30-. The van der Waals surface area contributed by atoms with Crippen LogP contribution in [0.4, 0.5) is 0 Å². The van der Waals surface area contributed by atoms with E-state index in [1.807, 2.05) is 0 Å². The van der Waals surface area contributed by atoms with E-state index in [0.717, 1.165) is 122 Å². The van der Waals surface area contributed by atoms with E-state index in [4.69, 9.17) is 14.2 Å². The van der Waals surface area contributed by atoms with Crippen molar-refractivity contribution in [3.8, 4) is 0 Å². The molecule has 1 atom stereocenters. The molecule has 0 amide bonds. The van der Waals surface area contributed by atoms with Crippen LogP contribution in [0.1, 0.15) is 213 Å². The van der Waals surface area contributed by atoms with Gasteiger partial charge in [-0.05, 0) is 109 Å². The number of rotatable bonds is 44. The third-order valence-corrected chi connectivity index (χ3v) is 10.1. The topological polar surface area (TPSA) is 61.8 Å². The predicted molar refractivity (Wildman–Crippen MR) is 260 cm³/mol. The summed E-state index contributed by atoms with van der Waals surface area (Å²) in [7, 11) is 0. The van der Waals surface area contributed by atoms with Gasteiger partial charge >= 0.3 is 11.9 Å². The van der Waals surface area contributed by atoms with Crippen molar-refractivity contribution in [3.63, 3.8) is 0 Å². The van der Waals surface area contributed by atoms with Crippen LogP contribution < -0.4 is 0 Å². The van der Waals surface area contributed by atoms with Crippen LogP contribution in [0, 0.1) is 0 Å². The van der Waals surface area contributed by atoms with Crippen molar-refractivity contribution in [3.05, 3.63) is 97.2 Å². The maximum Gasteiger partial charge on any atom is 0.306 e. The maximum absolute atomic E-state index is 12.7. The zero-order valence-corrected chi connectivity index (χ0v) is 39.2. The highest BCUT2D eigenvalue weighted by molar-refractivity contribution is 5.70. The minimum Gasteiger partial charge on any atom is -0.462 e. The fourth-order valence-electron chi connectivity index (χ4n) is 6.38. The number of carbonyl (C=O) groups excluding carboxylic acids is 2. The molecule has 0 rings (SSSR count). The Hall–Kier alpha value is -3.18. The number of esters is 2. The molecule has 0 heterocycles. The summed E-state index contributed by atoms with van der Waals surface area (Å²) in [6.45, 7) is 7.52. The first-order valence-corrected chi connectivity index (χ1v) is 24.8. The van der Waals surface area contributed by atoms with Gasteiger partial charge in [0.15, 0.2) is 6.10 Å². The number of hydrogen-bond donors (Lipinski definition) is 0. The van der Waals surface area contributed by atoms with Crippen LogP contribution in [0.3, 0.4) is 0 Å². The second-order valence-electron chi connectivity index (χ2n) is 16.0. The van der Waals surface area contributed by atoms with E-state index in [1.54, 1.807) is 0 Å². The molecular weight excluding hydrogens is 741 g/mol. The molecule has 60 heavy (non-hydrogen) atoms. The van der Waals surface area contributed by atoms with Crippen LogP contribution in [0.15, 0.2) is 97.2 Å². The van der Waals surface area contributed by atoms with E-state index in [2.05, 4.69) is 118 Å². The lowest BCUT2D eigenvalue weighted by Crippen LogP contribution is -2.30. The number of hydrogen-bond acceptors (Lipinski definition) is 5. The van der Waals surface area contributed by atoms with E-state index in [0.29, 0.717) is 19.4 Å². The van der Waals surface area contributed by atoms with Crippen molar-refractivity contribution in [1.82, 2.24) is 0 Å². The minimum absolute atomic E-state index is 0.0591. The highest BCUT2D eigenvalue weighted by Gasteiger charge is 2.17. The molecule has 0 fully saturated rings. The second kappa shape index (κ2) is 50.2. The molecule has 0 aromatic heterocycles.